The predicted octanol–water partition coefficient (Wildman–Crippen LogP) is 1.71. The Morgan fingerprint density at radius 1 is 1.44 bits per heavy atom. The van der Waals surface area contributed by atoms with Crippen LogP contribution in [-0.2, 0) is 0 Å². The van der Waals surface area contributed by atoms with Crippen molar-refractivity contribution in [3.05, 3.63) is 22.3 Å². The summed E-state index contributed by atoms with van der Waals surface area (Å²) >= 11 is 3.25. The van der Waals surface area contributed by atoms with Gasteiger partial charge in [0, 0.05) is 10.7 Å². The molecule has 5 nitrogen and oxygen atoms in total. The second-order valence-corrected chi connectivity index (χ2v) is 6.08. The largest absolute Gasteiger partial charge is 0.388 e. The first-order chi connectivity index (χ1) is 8.04. The van der Waals surface area contributed by atoms with E-state index in [0.29, 0.717) is 10.0 Å². The van der Waals surface area contributed by atoms with Crippen molar-refractivity contribution in [1.82, 2.24) is 10.3 Å². The number of nitrogen functional groups attached to an aromatic ring is 1. The number of hydrogen-bond donors (Lipinski definition) is 3. The molecule has 0 fully saturated rings. The van der Waals surface area contributed by atoms with Gasteiger partial charge in [0.15, 0.2) is 0 Å². The molecule has 0 spiro atoms. The van der Waals surface area contributed by atoms with Gasteiger partial charge in [0.25, 0.3) is 5.91 Å². The molecule has 4 N–H and O–H groups in total. The van der Waals surface area contributed by atoms with E-state index in [9.17, 15) is 9.90 Å². The highest BCUT2D eigenvalue weighted by molar-refractivity contribution is 9.10. The summed E-state index contributed by atoms with van der Waals surface area (Å²) in [5.41, 5.74) is 4.12. The van der Waals surface area contributed by atoms with Crippen LogP contribution in [0, 0.1) is 0 Å². The Bertz CT molecular complexity index is 467. The molecule has 1 aromatic heterocycles. The van der Waals surface area contributed by atoms with E-state index in [1.165, 1.54) is 12.3 Å². The van der Waals surface area contributed by atoms with E-state index in [4.69, 9.17) is 5.73 Å². The van der Waals surface area contributed by atoms with Gasteiger partial charge in [-0.2, -0.15) is 0 Å². The zero-order chi connectivity index (χ0) is 14.1. The molecule has 0 saturated carbocycles. The lowest BCUT2D eigenvalue weighted by Gasteiger charge is -2.38. The standard InChI is InChI=1S/C12H18BrN3O2/c1-11(2,12(3,4)18)16-10(17)7-5-9(14)15-6-8(7)13/h5-6,18H,1-4H3,(H2,14,15)(H,16,17). The third kappa shape index (κ3) is 3.20. The van der Waals surface area contributed by atoms with E-state index in [-0.39, 0.29) is 11.7 Å². The molecule has 0 aliphatic carbocycles. The van der Waals surface area contributed by atoms with Gasteiger partial charge in [-0.3, -0.25) is 4.79 Å². The van der Waals surface area contributed by atoms with Crippen LogP contribution in [0.2, 0.25) is 0 Å². The summed E-state index contributed by atoms with van der Waals surface area (Å²) in [6, 6.07) is 1.49. The predicted molar refractivity (Wildman–Crippen MR) is 74.2 cm³/mol. The molecule has 0 aliphatic heterocycles. The summed E-state index contributed by atoms with van der Waals surface area (Å²) in [7, 11) is 0. The van der Waals surface area contributed by atoms with Gasteiger partial charge in [0.1, 0.15) is 5.82 Å². The monoisotopic (exact) mass is 315 g/mol. The molecule has 0 aromatic carbocycles. The number of rotatable bonds is 3. The van der Waals surface area contributed by atoms with Crippen molar-refractivity contribution in [2.75, 3.05) is 5.73 Å². The first-order valence-corrected chi connectivity index (χ1v) is 6.30. The fourth-order valence-corrected chi connectivity index (χ4v) is 1.53. The van der Waals surface area contributed by atoms with Crippen molar-refractivity contribution in [2.45, 2.75) is 38.8 Å². The van der Waals surface area contributed by atoms with Crippen LogP contribution in [0.15, 0.2) is 16.7 Å². The number of halogens is 1. The van der Waals surface area contributed by atoms with E-state index in [2.05, 4.69) is 26.2 Å². The SMILES string of the molecule is CC(C)(O)C(C)(C)NC(=O)c1cc(N)ncc1Br. The summed E-state index contributed by atoms with van der Waals surface area (Å²) in [6.45, 7) is 6.79. The average molecular weight is 316 g/mol. The smallest absolute Gasteiger partial charge is 0.253 e. The van der Waals surface area contributed by atoms with Crippen LogP contribution in [0.1, 0.15) is 38.1 Å². The second-order valence-electron chi connectivity index (χ2n) is 5.23. The number of aliphatic hydroxyl groups is 1. The van der Waals surface area contributed by atoms with Gasteiger partial charge in [-0.15, -0.1) is 0 Å². The number of amides is 1. The molecule has 0 bridgehead atoms. The molecular formula is C12H18BrN3O2. The molecule has 0 aliphatic rings. The maximum absolute atomic E-state index is 12.1. The molecule has 0 radical (unpaired) electrons. The van der Waals surface area contributed by atoms with Gasteiger partial charge in [-0.05, 0) is 49.7 Å². The topological polar surface area (TPSA) is 88.2 Å². The summed E-state index contributed by atoms with van der Waals surface area (Å²) < 4.78 is 0.556. The van der Waals surface area contributed by atoms with Crippen molar-refractivity contribution in [2.24, 2.45) is 0 Å². The lowest BCUT2D eigenvalue weighted by atomic mass is 9.86. The van der Waals surface area contributed by atoms with E-state index in [1.54, 1.807) is 27.7 Å². The summed E-state index contributed by atoms with van der Waals surface area (Å²) in [6.07, 6.45) is 1.47. The fraction of sp³-hybridized carbons (Fsp3) is 0.500. The molecule has 100 valence electrons. The quantitative estimate of drug-likeness (QED) is 0.792. The Kier molecular flexibility index (Phi) is 4.02. The Morgan fingerprint density at radius 3 is 2.50 bits per heavy atom. The van der Waals surface area contributed by atoms with Crippen molar-refractivity contribution in [3.8, 4) is 0 Å². The number of nitrogens with zero attached hydrogens (tertiary/aromatic N) is 1. The van der Waals surface area contributed by atoms with Gasteiger partial charge in [0.05, 0.1) is 16.7 Å². The number of nitrogens with two attached hydrogens (primary N) is 1. The molecule has 0 unspecified atom stereocenters. The zero-order valence-electron chi connectivity index (χ0n) is 10.9. The van der Waals surface area contributed by atoms with Gasteiger partial charge < -0.3 is 16.2 Å². The maximum Gasteiger partial charge on any atom is 0.253 e. The lowest BCUT2D eigenvalue weighted by Crippen LogP contribution is -2.57. The van der Waals surface area contributed by atoms with Crippen LogP contribution < -0.4 is 11.1 Å². The highest BCUT2D eigenvalue weighted by atomic mass is 79.9. The first-order valence-electron chi connectivity index (χ1n) is 5.50. The average Bonchev–Trinajstić information content (AvgIpc) is 2.19. The Balaban J connectivity index is 3.00. The van der Waals surface area contributed by atoms with E-state index < -0.39 is 11.1 Å². The minimum absolute atomic E-state index is 0.268. The maximum atomic E-state index is 12.1. The number of carbonyl (C=O) groups excluding carboxylic acids is 1. The molecule has 1 amide bonds. The normalized spacial score (nSPS) is 12.3. The van der Waals surface area contributed by atoms with Crippen LogP contribution in [0.5, 0.6) is 0 Å². The zero-order valence-corrected chi connectivity index (χ0v) is 12.5. The number of hydrogen-bond acceptors (Lipinski definition) is 4. The molecule has 1 heterocycles. The van der Waals surface area contributed by atoms with Crippen LogP contribution in [0.4, 0.5) is 5.82 Å². The second kappa shape index (κ2) is 4.85. The Labute approximate surface area is 115 Å². The van der Waals surface area contributed by atoms with E-state index >= 15 is 0 Å². The molecule has 1 aromatic rings. The van der Waals surface area contributed by atoms with Crippen molar-refractivity contribution < 1.29 is 9.90 Å². The van der Waals surface area contributed by atoms with Gasteiger partial charge in [-0.25, -0.2) is 4.98 Å². The molecule has 0 atom stereocenters. The van der Waals surface area contributed by atoms with Crippen molar-refractivity contribution in [3.63, 3.8) is 0 Å². The van der Waals surface area contributed by atoms with Crippen molar-refractivity contribution in [1.29, 1.82) is 0 Å². The van der Waals surface area contributed by atoms with Crippen LogP contribution in [-0.4, -0.2) is 27.1 Å². The van der Waals surface area contributed by atoms with E-state index in [0.717, 1.165) is 0 Å². The highest BCUT2D eigenvalue weighted by Gasteiger charge is 2.36. The number of anilines is 1. The third-order valence-corrected chi connectivity index (χ3v) is 3.71. The highest BCUT2D eigenvalue weighted by Crippen LogP contribution is 2.23. The number of aromatic nitrogens is 1. The summed E-state index contributed by atoms with van der Waals surface area (Å²) in [5.74, 6) is -0.0486. The van der Waals surface area contributed by atoms with Crippen LogP contribution in [0.25, 0.3) is 0 Å². The first kappa shape index (κ1) is 14.9. The Morgan fingerprint density at radius 2 is 2.00 bits per heavy atom. The molecular weight excluding hydrogens is 298 g/mol. The van der Waals surface area contributed by atoms with Gasteiger partial charge in [-0.1, -0.05) is 0 Å². The lowest BCUT2D eigenvalue weighted by molar-refractivity contribution is -0.00294. The summed E-state index contributed by atoms with van der Waals surface area (Å²) in [4.78, 5) is 16.0. The van der Waals surface area contributed by atoms with Gasteiger partial charge >= 0.3 is 0 Å². The summed E-state index contributed by atoms with van der Waals surface area (Å²) in [5, 5.41) is 12.8. The minimum atomic E-state index is -1.05. The molecule has 1 rings (SSSR count). The van der Waals surface area contributed by atoms with Gasteiger partial charge in [0.2, 0.25) is 0 Å². The van der Waals surface area contributed by atoms with Crippen LogP contribution >= 0.6 is 15.9 Å². The van der Waals surface area contributed by atoms with Crippen LogP contribution in [0.3, 0.4) is 0 Å². The Hall–Kier alpha value is -1.14. The minimum Gasteiger partial charge on any atom is -0.388 e. The number of pyridine rings is 1. The van der Waals surface area contributed by atoms with Crippen molar-refractivity contribution >= 4 is 27.7 Å². The molecule has 0 saturated heterocycles. The molecule has 6 heteroatoms. The third-order valence-electron chi connectivity index (χ3n) is 3.08. The molecule has 18 heavy (non-hydrogen) atoms. The fourth-order valence-electron chi connectivity index (χ4n) is 1.13. The van der Waals surface area contributed by atoms with E-state index in [1.807, 2.05) is 0 Å². The number of carbonyl (C=O) groups is 1. The number of nitrogens with one attached hydrogen (secondary N) is 1.